The fourth-order valence-corrected chi connectivity index (χ4v) is 4.60. The molecule has 8 heteroatoms. The monoisotopic (exact) mass is 440 g/mol. The number of piperidine rings is 1. The van der Waals surface area contributed by atoms with Gasteiger partial charge in [-0.3, -0.25) is 9.80 Å². The van der Waals surface area contributed by atoms with Crippen LogP contribution in [0.5, 0.6) is 17.2 Å². The van der Waals surface area contributed by atoms with E-state index >= 15 is 0 Å². The molecule has 170 valence electrons. The average molecular weight is 440 g/mol. The van der Waals surface area contributed by atoms with Crippen molar-refractivity contribution in [1.82, 2.24) is 4.90 Å². The van der Waals surface area contributed by atoms with Crippen molar-refractivity contribution >= 4 is 11.8 Å². The molecule has 3 aliphatic heterocycles. The molecule has 2 aromatic rings. The maximum Gasteiger partial charge on any atom is 0.414 e. The third kappa shape index (κ3) is 4.08. The van der Waals surface area contributed by atoms with Gasteiger partial charge in [0.15, 0.2) is 11.5 Å². The highest BCUT2D eigenvalue weighted by Gasteiger charge is 2.38. The lowest BCUT2D eigenvalue weighted by atomic mass is 9.84. The predicted octanol–water partition coefficient (Wildman–Crippen LogP) is 2.78. The average Bonchev–Trinajstić information content (AvgIpc) is 3.20. The van der Waals surface area contributed by atoms with E-state index in [1.54, 1.807) is 12.0 Å². The molecule has 3 aliphatic rings. The van der Waals surface area contributed by atoms with E-state index in [4.69, 9.17) is 18.9 Å². The van der Waals surface area contributed by atoms with Gasteiger partial charge in [0.1, 0.15) is 25.1 Å². The number of hydrogen-bond donors (Lipinski definition) is 1. The van der Waals surface area contributed by atoms with E-state index in [-0.39, 0.29) is 12.2 Å². The quantitative estimate of drug-likeness (QED) is 0.766. The lowest BCUT2D eigenvalue weighted by Gasteiger charge is -2.39. The van der Waals surface area contributed by atoms with E-state index in [2.05, 4.69) is 4.90 Å². The summed E-state index contributed by atoms with van der Waals surface area (Å²) < 4.78 is 22.0. The summed E-state index contributed by atoms with van der Waals surface area (Å²) in [5.41, 5.74) is 0.762. The zero-order valence-electron chi connectivity index (χ0n) is 18.2. The van der Waals surface area contributed by atoms with Crippen molar-refractivity contribution in [2.24, 2.45) is 0 Å². The molecule has 0 radical (unpaired) electrons. The largest absolute Gasteiger partial charge is 0.497 e. The number of likely N-dealkylation sites (tertiary alicyclic amines) is 1. The van der Waals surface area contributed by atoms with Gasteiger partial charge in [-0.2, -0.15) is 0 Å². The van der Waals surface area contributed by atoms with E-state index in [1.165, 1.54) is 0 Å². The molecule has 0 saturated carbocycles. The third-order valence-electron chi connectivity index (χ3n) is 6.48. The van der Waals surface area contributed by atoms with Crippen LogP contribution in [0.4, 0.5) is 10.5 Å². The van der Waals surface area contributed by atoms with Crippen LogP contribution >= 0.6 is 0 Å². The Morgan fingerprint density at radius 2 is 1.78 bits per heavy atom. The summed E-state index contributed by atoms with van der Waals surface area (Å²) in [5.74, 6) is 2.17. The first-order chi connectivity index (χ1) is 15.5. The van der Waals surface area contributed by atoms with Gasteiger partial charge < -0.3 is 24.1 Å². The molecule has 0 bridgehead atoms. The summed E-state index contributed by atoms with van der Waals surface area (Å²) in [5, 5.41) is 11.3. The number of nitrogens with zero attached hydrogens (tertiary/aromatic N) is 2. The molecule has 0 unspecified atom stereocenters. The minimum atomic E-state index is -0.895. The summed E-state index contributed by atoms with van der Waals surface area (Å²) in [4.78, 5) is 16.3. The van der Waals surface area contributed by atoms with Crippen LogP contribution in [-0.2, 0) is 10.3 Å². The molecule has 5 rings (SSSR count). The molecule has 1 amide bonds. The van der Waals surface area contributed by atoms with E-state index in [0.29, 0.717) is 44.9 Å². The third-order valence-corrected chi connectivity index (χ3v) is 6.48. The first kappa shape index (κ1) is 20.9. The lowest BCUT2D eigenvalue weighted by molar-refractivity contribution is -0.0327. The van der Waals surface area contributed by atoms with Crippen LogP contribution in [0.3, 0.4) is 0 Å². The Kier molecular flexibility index (Phi) is 5.57. The first-order valence-electron chi connectivity index (χ1n) is 11.0. The predicted molar refractivity (Wildman–Crippen MR) is 118 cm³/mol. The van der Waals surface area contributed by atoms with Crippen molar-refractivity contribution in [2.75, 3.05) is 51.4 Å². The summed E-state index contributed by atoms with van der Waals surface area (Å²) in [7, 11) is 1.61. The number of cyclic esters (lactones) is 1. The second kappa shape index (κ2) is 8.52. The fourth-order valence-electron chi connectivity index (χ4n) is 4.60. The van der Waals surface area contributed by atoms with Gasteiger partial charge >= 0.3 is 6.09 Å². The van der Waals surface area contributed by atoms with Gasteiger partial charge in [0, 0.05) is 25.3 Å². The van der Waals surface area contributed by atoms with Crippen LogP contribution < -0.4 is 19.1 Å². The number of amides is 1. The summed E-state index contributed by atoms with van der Waals surface area (Å²) in [6.07, 6.45) is 0.681. The van der Waals surface area contributed by atoms with Crippen LogP contribution in [0.2, 0.25) is 0 Å². The summed E-state index contributed by atoms with van der Waals surface area (Å²) in [6.45, 7) is 3.68. The Hall–Kier alpha value is -2.97. The number of aliphatic hydroxyl groups is 1. The number of fused-ring (bicyclic) bond motifs is 1. The Morgan fingerprint density at radius 3 is 2.50 bits per heavy atom. The van der Waals surface area contributed by atoms with Crippen LogP contribution in [0, 0.1) is 0 Å². The van der Waals surface area contributed by atoms with Crippen molar-refractivity contribution in [1.29, 1.82) is 0 Å². The zero-order valence-corrected chi connectivity index (χ0v) is 18.2. The maximum absolute atomic E-state index is 12.4. The molecular formula is C24H28N2O6. The number of carbonyl (C=O) groups is 1. The SMILES string of the molecule is COc1ccc(N2C[C@H](CN3CCC(O)(c4ccc5c(c4)OCCO5)CC3)OC2=O)cc1. The van der Waals surface area contributed by atoms with Crippen LogP contribution in [0.15, 0.2) is 42.5 Å². The molecule has 1 atom stereocenters. The number of ether oxygens (including phenoxy) is 4. The number of hydrogen-bond acceptors (Lipinski definition) is 7. The van der Waals surface area contributed by atoms with Gasteiger partial charge in [-0.1, -0.05) is 6.07 Å². The smallest absolute Gasteiger partial charge is 0.414 e. The molecular weight excluding hydrogens is 412 g/mol. The van der Waals surface area contributed by atoms with Crippen molar-refractivity contribution < 1.29 is 28.8 Å². The van der Waals surface area contributed by atoms with Gasteiger partial charge in [0.05, 0.1) is 19.3 Å². The Morgan fingerprint density at radius 1 is 1.06 bits per heavy atom. The van der Waals surface area contributed by atoms with Crippen molar-refractivity contribution in [2.45, 2.75) is 24.5 Å². The molecule has 2 saturated heterocycles. The van der Waals surface area contributed by atoms with Crippen LogP contribution in [0.25, 0.3) is 0 Å². The Bertz CT molecular complexity index is 971. The number of methoxy groups -OCH3 is 1. The minimum Gasteiger partial charge on any atom is -0.497 e. The second-order valence-corrected chi connectivity index (χ2v) is 8.51. The van der Waals surface area contributed by atoms with E-state index in [0.717, 1.165) is 35.8 Å². The fraction of sp³-hybridized carbons (Fsp3) is 0.458. The topological polar surface area (TPSA) is 80.7 Å². The van der Waals surface area contributed by atoms with Crippen molar-refractivity contribution in [3.05, 3.63) is 48.0 Å². The Labute approximate surface area is 187 Å². The normalized spacial score (nSPS) is 22.5. The minimum absolute atomic E-state index is 0.204. The molecule has 2 aromatic carbocycles. The highest BCUT2D eigenvalue weighted by atomic mass is 16.6. The van der Waals surface area contributed by atoms with E-state index < -0.39 is 5.60 Å². The van der Waals surface area contributed by atoms with Gasteiger partial charge in [-0.25, -0.2) is 4.79 Å². The van der Waals surface area contributed by atoms with Crippen molar-refractivity contribution in [3.8, 4) is 17.2 Å². The van der Waals surface area contributed by atoms with Gasteiger partial charge in [-0.05, 0) is 54.8 Å². The second-order valence-electron chi connectivity index (χ2n) is 8.51. The molecule has 2 fully saturated rings. The molecule has 3 heterocycles. The highest BCUT2D eigenvalue weighted by molar-refractivity contribution is 5.89. The van der Waals surface area contributed by atoms with Gasteiger partial charge in [-0.15, -0.1) is 0 Å². The van der Waals surface area contributed by atoms with Crippen LogP contribution in [-0.4, -0.2) is 68.7 Å². The van der Waals surface area contributed by atoms with Gasteiger partial charge in [0.2, 0.25) is 0 Å². The van der Waals surface area contributed by atoms with Crippen LogP contribution in [0.1, 0.15) is 18.4 Å². The lowest BCUT2D eigenvalue weighted by Crippen LogP contribution is -2.45. The molecule has 32 heavy (non-hydrogen) atoms. The molecule has 8 nitrogen and oxygen atoms in total. The van der Waals surface area contributed by atoms with E-state index in [1.807, 2.05) is 42.5 Å². The maximum atomic E-state index is 12.4. The number of rotatable bonds is 5. The number of benzene rings is 2. The first-order valence-corrected chi connectivity index (χ1v) is 11.0. The molecule has 1 N–H and O–H groups in total. The Balaban J connectivity index is 1.17. The number of carbonyl (C=O) groups excluding carboxylic acids is 1. The highest BCUT2D eigenvalue weighted by Crippen LogP contribution is 2.39. The van der Waals surface area contributed by atoms with E-state index in [9.17, 15) is 9.90 Å². The zero-order chi connectivity index (χ0) is 22.1. The molecule has 0 spiro atoms. The molecule has 0 aliphatic carbocycles. The van der Waals surface area contributed by atoms with Crippen molar-refractivity contribution in [3.63, 3.8) is 0 Å². The molecule has 0 aromatic heterocycles. The summed E-state index contributed by atoms with van der Waals surface area (Å²) in [6, 6.07) is 13.1. The standard InChI is InChI=1S/C24H28N2O6/c1-29-19-5-3-18(4-6-19)26-16-20(32-23(26)27)15-25-10-8-24(28,9-11-25)17-2-7-21-22(14-17)31-13-12-30-21/h2-7,14,20,28H,8-13,15-16H2,1H3/t20-/m0/s1. The van der Waals surface area contributed by atoms with Gasteiger partial charge in [0.25, 0.3) is 0 Å². The number of anilines is 1. The summed E-state index contributed by atoms with van der Waals surface area (Å²) >= 11 is 0.